The number of nitrogens with two attached hydrogens (primary N) is 1. The molecule has 0 fully saturated rings. The molecular weight excluding hydrogens is 388 g/mol. The number of benzene rings is 2. The lowest BCUT2D eigenvalue weighted by Crippen LogP contribution is -2.50. The molecule has 0 heterocycles. The maximum absolute atomic E-state index is 12.5. The zero-order valence-electron chi connectivity index (χ0n) is 16.3. The van der Waals surface area contributed by atoms with Gasteiger partial charge in [0.05, 0.1) is 13.1 Å². The molecule has 30 heavy (non-hydrogen) atoms. The van der Waals surface area contributed by atoms with E-state index in [4.69, 9.17) is 10.5 Å². The van der Waals surface area contributed by atoms with Gasteiger partial charge in [-0.3, -0.25) is 14.4 Å². The fourth-order valence-electron chi connectivity index (χ4n) is 2.50. The molecule has 0 aliphatic carbocycles. The minimum Gasteiger partial charge on any atom is -0.445 e. The Morgan fingerprint density at radius 1 is 0.833 bits per heavy atom. The lowest BCUT2D eigenvalue weighted by molar-refractivity contribution is -0.128. The van der Waals surface area contributed by atoms with E-state index < -0.39 is 29.9 Å². The van der Waals surface area contributed by atoms with Gasteiger partial charge in [-0.05, 0) is 11.1 Å². The molecule has 0 aromatic heterocycles. The highest BCUT2D eigenvalue weighted by molar-refractivity contribution is 5.90. The summed E-state index contributed by atoms with van der Waals surface area (Å²) in [4.78, 5) is 47.1. The molecular formula is C21H24N4O5. The second kappa shape index (κ2) is 11.8. The molecule has 2 rings (SSSR count). The Kier molecular flexibility index (Phi) is 8.85. The monoisotopic (exact) mass is 412 g/mol. The van der Waals surface area contributed by atoms with Crippen molar-refractivity contribution in [3.8, 4) is 0 Å². The molecule has 9 heteroatoms. The molecule has 4 amide bonds. The Balaban J connectivity index is 1.93. The van der Waals surface area contributed by atoms with E-state index in [1.807, 2.05) is 60.7 Å². The van der Waals surface area contributed by atoms with Gasteiger partial charge in [-0.15, -0.1) is 0 Å². The summed E-state index contributed by atoms with van der Waals surface area (Å²) in [6.45, 7) is -0.633. The van der Waals surface area contributed by atoms with Crippen LogP contribution in [0.5, 0.6) is 0 Å². The molecule has 0 saturated carbocycles. The van der Waals surface area contributed by atoms with Crippen molar-refractivity contribution in [1.82, 2.24) is 16.0 Å². The average molecular weight is 412 g/mol. The van der Waals surface area contributed by atoms with E-state index in [0.29, 0.717) is 0 Å². The topological polar surface area (TPSA) is 140 Å². The van der Waals surface area contributed by atoms with Crippen molar-refractivity contribution in [3.63, 3.8) is 0 Å². The fourth-order valence-corrected chi connectivity index (χ4v) is 2.50. The highest BCUT2D eigenvalue weighted by Gasteiger charge is 2.22. The highest BCUT2D eigenvalue weighted by Crippen LogP contribution is 2.05. The molecule has 0 aliphatic heterocycles. The molecule has 0 spiro atoms. The third-order valence-corrected chi connectivity index (χ3v) is 3.99. The molecule has 0 bridgehead atoms. The second-order valence-electron chi connectivity index (χ2n) is 6.41. The van der Waals surface area contributed by atoms with Gasteiger partial charge < -0.3 is 26.4 Å². The predicted octanol–water partition coefficient (Wildman–Crippen LogP) is 0.242. The van der Waals surface area contributed by atoms with Gasteiger partial charge in [0.2, 0.25) is 17.7 Å². The summed E-state index contributed by atoms with van der Waals surface area (Å²) in [5.74, 6) is -1.84. The van der Waals surface area contributed by atoms with E-state index in [9.17, 15) is 19.2 Å². The van der Waals surface area contributed by atoms with Gasteiger partial charge in [0.1, 0.15) is 12.6 Å². The van der Waals surface area contributed by atoms with E-state index in [1.54, 1.807) is 0 Å². The summed E-state index contributed by atoms with van der Waals surface area (Å²) in [6.07, 6.45) is -0.552. The second-order valence-corrected chi connectivity index (χ2v) is 6.41. The average Bonchev–Trinajstić information content (AvgIpc) is 2.75. The summed E-state index contributed by atoms with van der Waals surface area (Å²) in [5, 5.41) is 7.23. The molecule has 0 radical (unpaired) electrons. The van der Waals surface area contributed by atoms with E-state index >= 15 is 0 Å². The van der Waals surface area contributed by atoms with Crippen molar-refractivity contribution < 1.29 is 23.9 Å². The first kappa shape index (κ1) is 22.4. The van der Waals surface area contributed by atoms with Gasteiger partial charge in [0, 0.05) is 6.42 Å². The first-order chi connectivity index (χ1) is 14.4. The number of carbonyl (C=O) groups is 4. The van der Waals surface area contributed by atoms with Crippen molar-refractivity contribution in [2.75, 3.05) is 13.1 Å². The molecule has 0 unspecified atom stereocenters. The van der Waals surface area contributed by atoms with Crippen LogP contribution in [-0.2, 0) is 32.1 Å². The number of rotatable bonds is 10. The van der Waals surface area contributed by atoms with Crippen LogP contribution >= 0.6 is 0 Å². The van der Waals surface area contributed by atoms with E-state index in [2.05, 4.69) is 16.0 Å². The van der Waals surface area contributed by atoms with Crippen LogP contribution in [0, 0.1) is 0 Å². The third-order valence-electron chi connectivity index (χ3n) is 3.99. The number of carbonyl (C=O) groups excluding carboxylic acids is 4. The predicted molar refractivity (Wildman–Crippen MR) is 109 cm³/mol. The van der Waals surface area contributed by atoms with Crippen LogP contribution in [0.15, 0.2) is 60.7 Å². The van der Waals surface area contributed by atoms with Gasteiger partial charge in [-0.2, -0.15) is 0 Å². The minimum atomic E-state index is -0.959. The lowest BCUT2D eigenvalue weighted by atomic mass is 10.1. The van der Waals surface area contributed by atoms with Crippen molar-refractivity contribution in [2.45, 2.75) is 19.1 Å². The number of primary amides is 1. The zero-order chi connectivity index (χ0) is 21.8. The molecule has 2 aromatic carbocycles. The third kappa shape index (κ3) is 8.42. The quantitative estimate of drug-likeness (QED) is 0.443. The van der Waals surface area contributed by atoms with Crippen molar-refractivity contribution >= 4 is 23.8 Å². The molecule has 1 atom stereocenters. The number of hydrogen-bond donors (Lipinski definition) is 4. The molecule has 2 aromatic rings. The van der Waals surface area contributed by atoms with E-state index in [-0.39, 0.29) is 26.1 Å². The van der Waals surface area contributed by atoms with E-state index in [1.165, 1.54) is 0 Å². The van der Waals surface area contributed by atoms with E-state index in [0.717, 1.165) is 11.1 Å². The van der Waals surface area contributed by atoms with Crippen LogP contribution in [0.1, 0.15) is 11.1 Å². The molecule has 0 saturated heterocycles. The Hall–Kier alpha value is -3.88. The largest absolute Gasteiger partial charge is 0.445 e. The molecule has 158 valence electrons. The van der Waals surface area contributed by atoms with Crippen LogP contribution in [0.4, 0.5) is 4.79 Å². The number of nitrogens with one attached hydrogen (secondary N) is 3. The smallest absolute Gasteiger partial charge is 0.408 e. The number of amides is 4. The van der Waals surface area contributed by atoms with Gasteiger partial charge in [0.25, 0.3) is 0 Å². The number of alkyl carbamates (subject to hydrolysis) is 1. The van der Waals surface area contributed by atoms with Crippen molar-refractivity contribution in [2.24, 2.45) is 5.73 Å². The molecule has 0 aliphatic rings. The van der Waals surface area contributed by atoms with Crippen LogP contribution < -0.4 is 21.7 Å². The lowest BCUT2D eigenvalue weighted by Gasteiger charge is -2.18. The van der Waals surface area contributed by atoms with Crippen LogP contribution in [0.2, 0.25) is 0 Å². The fraction of sp³-hybridized carbons (Fsp3) is 0.238. The maximum atomic E-state index is 12.5. The summed E-state index contributed by atoms with van der Waals surface area (Å²) in [6, 6.07) is 17.3. The first-order valence-electron chi connectivity index (χ1n) is 9.28. The zero-order valence-corrected chi connectivity index (χ0v) is 16.3. The Labute approximate surface area is 174 Å². The van der Waals surface area contributed by atoms with Crippen LogP contribution in [0.25, 0.3) is 0 Å². The standard InChI is InChI=1S/C21H24N4O5/c22-18(26)12-23-19(27)13-24-20(28)17(11-15-7-3-1-4-8-15)25-21(29)30-14-16-9-5-2-6-10-16/h1-10,17H,11-14H2,(H2,22,26)(H,23,27)(H,24,28)(H,25,29)/t17-/m0/s1. The van der Waals surface area contributed by atoms with Crippen LogP contribution in [-0.4, -0.2) is 42.9 Å². The van der Waals surface area contributed by atoms with Crippen molar-refractivity contribution in [3.05, 3.63) is 71.8 Å². The summed E-state index contributed by atoms with van der Waals surface area (Å²) in [7, 11) is 0. The van der Waals surface area contributed by atoms with Gasteiger partial charge >= 0.3 is 6.09 Å². The number of hydrogen-bond acceptors (Lipinski definition) is 5. The maximum Gasteiger partial charge on any atom is 0.408 e. The Morgan fingerprint density at radius 2 is 1.43 bits per heavy atom. The molecule has 9 nitrogen and oxygen atoms in total. The van der Waals surface area contributed by atoms with Crippen LogP contribution in [0.3, 0.4) is 0 Å². The first-order valence-corrected chi connectivity index (χ1v) is 9.28. The van der Waals surface area contributed by atoms with Gasteiger partial charge in [-0.25, -0.2) is 4.79 Å². The van der Waals surface area contributed by atoms with Crippen molar-refractivity contribution in [1.29, 1.82) is 0 Å². The van der Waals surface area contributed by atoms with Gasteiger partial charge in [-0.1, -0.05) is 60.7 Å². The highest BCUT2D eigenvalue weighted by atomic mass is 16.5. The number of ether oxygens (including phenoxy) is 1. The summed E-state index contributed by atoms with van der Waals surface area (Å²) >= 11 is 0. The molecule has 5 N–H and O–H groups in total. The SMILES string of the molecule is NC(=O)CNC(=O)CNC(=O)[C@H](Cc1ccccc1)NC(=O)OCc1ccccc1. The van der Waals surface area contributed by atoms with Gasteiger partial charge in [0.15, 0.2) is 0 Å². The summed E-state index contributed by atoms with van der Waals surface area (Å²) < 4.78 is 5.18. The normalized spacial score (nSPS) is 11.1. The Bertz CT molecular complexity index is 858. The Morgan fingerprint density at radius 3 is 2.03 bits per heavy atom. The minimum absolute atomic E-state index is 0.0574. The summed E-state index contributed by atoms with van der Waals surface area (Å²) in [5.41, 5.74) is 6.58.